The Morgan fingerprint density at radius 1 is 1.12 bits per heavy atom. The number of aliphatic hydroxyl groups is 1. The molecule has 1 saturated heterocycles. The molecule has 1 aliphatic rings. The van der Waals surface area contributed by atoms with Crippen LogP contribution >= 0.6 is 0 Å². The average Bonchev–Trinajstić information content (AvgIpc) is 2.83. The highest BCUT2D eigenvalue weighted by Gasteiger charge is 2.22. The Hall–Kier alpha value is -2.05. The van der Waals surface area contributed by atoms with E-state index in [1.807, 2.05) is 11.8 Å². The van der Waals surface area contributed by atoms with Gasteiger partial charge in [-0.1, -0.05) is 0 Å². The first-order valence-corrected chi connectivity index (χ1v) is 8.44. The molecule has 0 saturated carbocycles. The van der Waals surface area contributed by atoms with Crippen molar-refractivity contribution in [3.63, 3.8) is 0 Å². The van der Waals surface area contributed by atoms with Crippen LogP contribution in [0.3, 0.4) is 0 Å². The molecule has 0 radical (unpaired) electrons. The average molecular weight is 348 g/mol. The standard InChI is InChI=1S/C19H22F2N2O2/c1-12-7-18(19(25)11-22-5-3-17(24)4-6-22)13(2)23(12)16-9-14(20)8-15(21)10-16/h7-10,17,24H,3-6,11H2,1-2H3. The Labute approximate surface area is 145 Å². The molecule has 1 N–H and O–H groups in total. The molecular weight excluding hydrogens is 326 g/mol. The summed E-state index contributed by atoms with van der Waals surface area (Å²) in [5, 5.41) is 9.56. The number of benzene rings is 1. The van der Waals surface area contributed by atoms with E-state index in [9.17, 15) is 18.7 Å². The molecule has 134 valence electrons. The number of hydrogen-bond donors (Lipinski definition) is 1. The zero-order valence-corrected chi connectivity index (χ0v) is 14.4. The lowest BCUT2D eigenvalue weighted by molar-refractivity contribution is 0.0710. The van der Waals surface area contributed by atoms with E-state index in [2.05, 4.69) is 0 Å². The number of halogens is 2. The smallest absolute Gasteiger partial charge is 0.178 e. The molecule has 0 amide bonds. The second-order valence-electron chi connectivity index (χ2n) is 6.68. The summed E-state index contributed by atoms with van der Waals surface area (Å²) in [6.07, 6.45) is 1.07. The van der Waals surface area contributed by atoms with E-state index >= 15 is 0 Å². The number of aromatic nitrogens is 1. The third-order valence-corrected chi connectivity index (χ3v) is 4.76. The van der Waals surface area contributed by atoms with Gasteiger partial charge in [-0.2, -0.15) is 0 Å². The van der Waals surface area contributed by atoms with Gasteiger partial charge >= 0.3 is 0 Å². The number of ketones is 1. The third-order valence-electron chi connectivity index (χ3n) is 4.76. The molecular formula is C19H22F2N2O2. The summed E-state index contributed by atoms with van der Waals surface area (Å²) in [4.78, 5) is 14.7. The van der Waals surface area contributed by atoms with Gasteiger partial charge in [0.15, 0.2) is 5.78 Å². The normalized spacial score (nSPS) is 16.4. The van der Waals surface area contributed by atoms with Crippen LogP contribution in [-0.2, 0) is 0 Å². The molecule has 2 heterocycles. The van der Waals surface area contributed by atoms with Crippen molar-refractivity contribution >= 4 is 5.78 Å². The highest BCUT2D eigenvalue weighted by molar-refractivity contribution is 5.99. The second kappa shape index (κ2) is 7.06. The number of nitrogens with zero attached hydrogens (tertiary/aromatic N) is 2. The molecule has 2 aromatic rings. The summed E-state index contributed by atoms with van der Waals surface area (Å²) in [6.45, 7) is 5.27. The van der Waals surface area contributed by atoms with Crippen LogP contribution < -0.4 is 0 Å². The number of carbonyl (C=O) groups excluding carboxylic acids is 1. The number of likely N-dealkylation sites (tertiary alicyclic amines) is 1. The van der Waals surface area contributed by atoms with Crippen molar-refractivity contribution in [1.29, 1.82) is 0 Å². The molecule has 0 spiro atoms. The van der Waals surface area contributed by atoms with Gasteiger partial charge in [0.1, 0.15) is 11.6 Å². The predicted molar refractivity (Wildman–Crippen MR) is 91.2 cm³/mol. The SMILES string of the molecule is Cc1cc(C(=O)CN2CCC(O)CC2)c(C)n1-c1cc(F)cc(F)c1. The topological polar surface area (TPSA) is 45.5 Å². The Kier molecular flexibility index (Phi) is 5.01. The van der Waals surface area contributed by atoms with Crippen LogP contribution in [0.1, 0.15) is 34.6 Å². The maximum absolute atomic E-state index is 13.5. The Morgan fingerprint density at radius 3 is 2.32 bits per heavy atom. The number of aliphatic hydroxyl groups excluding tert-OH is 1. The van der Waals surface area contributed by atoms with Crippen LogP contribution in [-0.4, -0.2) is 46.1 Å². The predicted octanol–water partition coefficient (Wildman–Crippen LogP) is 3.01. The van der Waals surface area contributed by atoms with Crippen LogP contribution in [0, 0.1) is 25.5 Å². The first kappa shape index (κ1) is 17.8. The number of aryl methyl sites for hydroxylation is 1. The number of rotatable bonds is 4. The quantitative estimate of drug-likeness (QED) is 0.864. The van der Waals surface area contributed by atoms with Gasteiger partial charge in [0, 0.05) is 36.1 Å². The van der Waals surface area contributed by atoms with E-state index in [-0.39, 0.29) is 18.4 Å². The Morgan fingerprint density at radius 2 is 1.72 bits per heavy atom. The molecule has 0 atom stereocenters. The van der Waals surface area contributed by atoms with Gasteiger partial charge in [-0.15, -0.1) is 0 Å². The van der Waals surface area contributed by atoms with Gasteiger partial charge < -0.3 is 9.67 Å². The van der Waals surface area contributed by atoms with Gasteiger partial charge in [-0.05, 0) is 44.9 Å². The zero-order valence-electron chi connectivity index (χ0n) is 14.4. The van der Waals surface area contributed by atoms with Crippen molar-refractivity contribution in [2.45, 2.75) is 32.8 Å². The van der Waals surface area contributed by atoms with Crippen LogP contribution in [0.15, 0.2) is 24.3 Å². The van der Waals surface area contributed by atoms with E-state index in [1.165, 1.54) is 12.1 Å². The first-order chi connectivity index (χ1) is 11.8. The lowest BCUT2D eigenvalue weighted by atomic mass is 10.1. The van der Waals surface area contributed by atoms with Crippen molar-refractivity contribution in [3.05, 3.63) is 52.9 Å². The highest BCUT2D eigenvalue weighted by atomic mass is 19.1. The maximum Gasteiger partial charge on any atom is 0.178 e. The lowest BCUT2D eigenvalue weighted by Gasteiger charge is -2.28. The summed E-state index contributed by atoms with van der Waals surface area (Å²) in [5.74, 6) is -1.32. The van der Waals surface area contributed by atoms with E-state index in [0.29, 0.717) is 42.9 Å². The summed E-state index contributed by atoms with van der Waals surface area (Å²) in [5.41, 5.74) is 2.35. The van der Waals surface area contributed by atoms with Crippen LogP contribution in [0.2, 0.25) is 0 Å². The van der Waals surface area contributed by atoms with E-state index in [4.69, 9.17) is 0 Å². The molecule has 1 aromatic carbocycles. The minimum absolute atomic E-state index is 0.0207. The molecule has 3 rings (SSSR count). The van der Waals surface area contributed by atoms with Crippen LogP contribution in [0.5, 0.6) is 0 Å². The molecule has 4 nitrogen and oxygen atoms in total. The molecule has 0 aliphatic carbocycles. The van der Waals surface area contributed by atoms with Crippen molar-refractivity contribution in [1.82, 2.24) is 9.47 Å². The van der Waals surface area contributed by atoms with E-state index < -0.39 is 11.6 Å². The largest absolute Gasteiger partial charge is 0.393 e. The van der Waals surface area contributed by atoms with Gasteiger partial charge in [0.2, 0.25) is 0 Å². The molecule has 1 aliphatic heterocycles. The molecule has 25 heavy (non-hydrogen) atoms. The minimum atomic E-state index is -0.651. The minimum Gasteiger partial charge on any atom is -0.393 e. The highest BCUT2D eigenvalue weighted by Crippen LogP contribution is 2.23. The molecule has 1 fully saturated rings. The third kappa shape index (κ3) is 3.80. The number of piperidine rings is 1. The molecule has 0 unspecified atom stereocenters. The Balaban J connectivity index is 1.85. The lowest BCUT2D eigenvalue weighted by Crippen LogP contribution is -2.39. The van der Waals surface area contributed by atoms with Gasteiger partial charge in [0.05, 0.1) is 18.3 Å². The molecule has 1 aromatic heterocycles. The fourth-order valence-electron chi connectivity index (χ4n) is 3.48. The summed E-state index contributed by atoms with van der Waals surface area (Å²) < 4.78 is 28.8. The fraction of sp³-hybridized carbons (Fsp3) is 0.421. The van der Waals surface area contributed by atoms with Crippen molar-refractivity contribution in [2.24, 2.45) is 0 Å². The maximum atomic E-state index is 13.5. The summed E-state index contributed by atoms with van der Waals surface area (Å²) >= 11 is 0. The summed E-state index contributed by atoms with van der Waals surface area (Å²) in [6, 6.07) is 5.10. The second-order valence-corrected chi connectivity index (χ2v) is 6.68. The van der Waals surface area contributed by atoms with Crippen LogP contribution in [0.4, 0.5) is 8.78 Å². The first-order valence-electron chi connectivity index (χ1n) is 8.44. The van der Waals surface area contributed by atoms with Gasteiger partial charge in [0.25, 0.3) is 0 Å². The number of Topliss-reactive ketones (excluding diaryl/α,β-unsaturated/α-hetero) is 1. The fourth-order valence-corrected chi connectivity index (χ4v) is 3.48. The summed E-state index contributed by atoms with van der Waals surface area (Å²) in [7, 11) is 0. The van der Waals surface area contributed by atoms with Gasteiger partial charge in [-0.3, -0.25) is 9.69 Å². The number of carbonyl (C=O) groups is 1. The number of hydrogen-bond acceptors (Lipinski definition) is 3. The zero-order chi connectivity index (χ0) is 18.1. The molecule has 0 bridgehead atoms. The molecule has 6 heteroatoms. The van der Waals surface area contributed by atoms with E-state index in [0.717, 1.165) is 11.8 Å². The van der Waals surface area contributed by atoms with Crippen molar-refractivity contribution in [2.75, 3.05) is 19.6 Å². The van der Waals surface area contributed by atoms with E-state index in [1.54, 1.807) is 17.6 Å². The van der Waals surface area contributed by atoms with Crippen LogP contribution in [0.25, 0.3) is 5.69 Å². The monoisotopic (exact) mass is 348 g/mol. The van der Waals surface area contributed by atoms with Crippen molar-refractivity contribution < 1.29 is 18.7 Å². The van der Waals surface area contributed by atoms with Crippen molar-refractivity contribution in [3.8, 4) is 5.69 Å². The Bertz CT molecular complexity index is 773. The van der Waals surface area contributed by atoms with Gasteiger partial charge in [-0.25, -0.2) is 8.78 Å².